The first-order valence-electron chi connectivity index (χ1n) is 17.5. The lowest BCUT2D eigenvalue weighted by molar-refractivity contribution is 0.0954. The summed E-state index contributed by atoms with van der Waals surface area (Å²) in [4.78, 5) is 25.5. The van der Waals surface area contributed by atoms with Crippen LogP contribution in [-0.2, 0) is 20.0 Å². The lowest BCUT2D eigenvalue weighted by atomic mass is 9.89. The van der Waals surface area contributed by atoms with Crippen molar-refractivity contribution >= 4 is 81.7 Å². The average Bonchev–Trinajstić information content (AvgIpc) is 3.87. The molecule has 286 valence electrons. The Morgan fingerprint density at radius 1 is 0.759 bits per heavy atom. The van der Waals surface area contributed by atoms with Gasteiger partial charge >= 0.3 is 0 Å². The zero-order chi connectivity index (χ0) is 38.3. The Morgan fingerprint density at radius 3 is 1.65 bits per heavy atom. The van der Waals surface area contributed by atoms with Crippen molar-refractivity contribution in [2.24, 2.45) is 11.7 Å². The first kappa shape index (κ1) is 39.6. The van der Waals surface area contributed by atoms with E-state index in [4.69, 9.17) is 17.3 Å². The molecule has 0 amide bonds. The van der Waals surface area contributed by atoms with Crippen molar-refractivity contribution in [3.8, 4) is 0 Å². The van der Waals surface area contributed by atoms with Crippen LogP contribution in [-0.4, -0.2) is 64.8 Å². The van der Waals surface area contributed by atoms with E-state index in [0.717, 1.165) is 68.8 Å². The number of hydrogen-bond acceptors (Lipinski definition) is 12. The molecule has 2 aromatic heterocycles. The number of anilines is 4. The first-order valence-corrected chi connectivity index (χ1v) is 22.6. The molecule has 2 aliphatic rings. The van der Waals surface area contributed by atoms with E-state index in [-0.39, 0.29) is 21.6 Å². The topological polar surface area (TPSA) is 168 Å². The average molecular weight is 829 g/mol. The predicted octanol–water partition coefficient (Wildman–Crippen LogP) is 7.27. The van der Waals surface area contributed by atoms with Crippen LogP contribution in [0.4, 0.5) is 21.6 Å². The van der Waals surface area contributed by atoms with E-state index in [2.05, 4.69) is 29.2 Å². The number of nitrogens with zero attached hydrogens (tertiary/aromatic N) is 4. The molecular formula is C37H42ClN7O5S4. The summed E-state index contributed by atoms with van der Waals surface area (Å²) in [6.45, 7) is 5.41. The summed E-state index contributed by atoms with van der Waals surface area (Å²) in [7, 11) is -7.23. The molecule has 0 atom stereocenters. The number of nitrogens with two attached hydrogens (primary N) is 1. The summed E-state index contributed by atoms with van der Waals surface area (Å²) in [6, 6.07) is 19.6. The smallest absolute Gasteiger partial charge is 0.263 e. The van der Waals surface area contributed by atoms with Gasteiger partial charge in [0.05, 0.1) is 14.8 Å². The standard InChI is InChI=1S/C23H24ClN3O3S2.C14H18N4O2S2/c1-16-2-7-20(21(24)14-16)22(28)15-17-8-11-27(12-9-17)18-3-5-19(6-4-18)32(29,30)26-23-25-10-13-31-23;15-11-5-8-18(9-6-11)12-1-3-13(4-2-12)22(19,20)17-14-16-7-10-21-14/h2-7,10,13-14,17H,8-9,11-12,15H2,1H3,(H,25,26);1-4,7,10-11H,5-6,8-9,15H2,(H,16,17). The lowest BCUT2D eigenvalue weighted by Crippen LogP contribution is -2.39. The molecular weight excluding hydrogens is 786 g/mol. The van der Waals surface area contributed by atoms with Gasteiger partial charge in [-0.25, -0.2) is 26.8 Å². The number of Topliss-reactive ketones (excluding diaryl/α,β-unsaturated/α-hetero) is 1. The normalized spacial score (nSPS) is 15.7. The number of hydrogen-bond donors (Lipinski definition) is 3. The molecule has 5 aromatic rings. The highest BCUT2D eigenvalue weighted by Crippen LogP contribution is 2.29. The van der Waals surface area contributed by atoms with Gasteiger partial charge in [-0.2, -0.15) is 0 Å². The Hall–Kier alpha value is -4.06. The SMILES string of the molecule is Cc1ccc(C(=O)CC2CCN(c3ccc(S(=O)(=O)Nc4nccs4)cc3)CC2)c(Cl)c1.NC1CCN(c2ccc(S(=O)(=O)Nc3nccs3)cc2)CC1. The Bertz CT molecular complexity index is 2200. The zero-order valence-electron chi connectivity index (χ0n) is 29.6. The minimum absolute atomic E-state index is 0.0933. The minimum Gasteiger partial charge on any atom is -0.372 e. The third-order valence-electron chi connectivity index (χ3n) is 9.39. The second-order valence-electron chi connectivity index (χ2n) is 13.2. The summed E-state index contributed by atoms with van der Waals surface area (Å²) in [5, 5.41) is 4.67. The lowest BCUT2D eigenvalue weighted by Gasteiger charge is -2.33. The highest BCUT2D eigenvalue weighted by atomic mass is 35.5. The van der Waals surface area contributed by atoms with Gasteiger partial charge in [0.25, 0.3) is 20.0 Å². The molecule has 4 heterocycles. The molecule has 0 aliphatic carbocycles. The molecule has 0 radical (unpaired) electrons. The molecule has 0 unspecified atom stereocenters. The van der Waals surface area contributed by atoms with Crippen molar-refractivity contribution in [2.75, 3.05) is 45.4 Å². The number of benzene rings is 3. The van der Waals surface area contributed by atoms with Crippen LogP contribution in [0.25, 0.3) is 0 Å². The van der Waals surface area contributed by atoms with Gasteiger partial charge in [0.2, 0.25) is 0 Å². The van der Waals surface area contributed by atoms with Crippen molar-refractivity contribution in [1.82, 2.24) is 9.97 Å². The number of halogens is 1. The molecule has 3 aromatic carbocycles. The van der Waals surface area contributed by atoms with E-state index in [9.17, 15) is 21.6 Å². The molecule has 0 bridgehead atoms. The van der Waals surface area contributed by atoms with Gasteiger partial charge in [-0.05, 0) is 105 Å². The van der Waals surface area contributed by atoms with Crippen LogP contribution in [0.1, 0.15) is 48.0 Å². The number of sulfonamides is 2. The quantitative estimate of drug-likeness (QED) is 0.115. The van der Waals surface area contributed by atoms with Crippen LogP contribution in [0.3, 0.4) is 0 Å². The molecule has 2 fully saturated rings. The number of thiazole rings is 2. The van der Waals surface area contributed by atoms with Crippen LogP contribution in [0.15, 0.2) is 99.7 Å². The summed E-state index contributed by atoms with van der Waals surface area (Å²) in [5.41, 5.74) is 9.55. The fraction of sp³-hybridized carbons (Fsp3) is 0.324. The minimum atomic E-state index is -3.65. The number of carbonyl (C=O) groups excluding carboxylic acids is 1. The summed E-state index contributed by atoms with van der Waals surface area (Å²) in [5.74, 6) is 0.411. The van der Waals surface area contributed by atoms with E-state index in [1.165, 1.54) is 22.7 Å². The highest BCUT2D eigenvalue weighted by molar-refractivity contribution is 7.93. The second-order valence-corrected chi connectivity index (χ2v) is 18.8. The number of piperidine rings is 2. The van der Waals surface area contributed by atoms with Gasteiger partial charge in [0, 0.05) is 78.7 Å². The van der Waals surface area contributed by atoms with E-state index >= 15 is 0 Å². The van der Waals surface area contributed by atoms with Gasteiger partial charge in [0.1, 0.15) is 0 Å². The summed E-state index contributed by atoms with van der Waals surface area (Å²) in [6.07, 6.45) is 7.35. The fourth-order valence-electron chi connectivity index (χ4n) is 6.34. The molecule has 0 saturated carbocycles. The van der Waals surface area contributed by atoms with Crippen LogP contribution < -0.4 is 25.0 Å². The van der Waals surface area contributed by atoms with Crippen molar-refractivity contribution in [1.29, 1.82) is 0 Å². The van der Waals surface area contributed by atoms with Crippen LogP contribution in [0.2, 0.25) is 5.02 Å². The molecule has 17 heteroatoms. The number of aryl methyl sites for hydroxylation is 1. The maximum absolute atomic E-state index is 12.7. The van der Waals surface area contributed by atoms with Gasteiger partial charge in [-0.15, -0.1) is 22.7 Å². The van der Waals surface area contributed by atoms with E-state index < -0.39 is 20.0 Å². The maximum atomic E-state index is 12.7. The molecule has 4 N–H and O–H groups in total. The number of carbonyl (C=O) groups is 1. The molecule has 0 spiro atoms. The van der Waals surface area contributed by atoms with Crippen molar-refractivity contribution in [2.45, 2.75) is 54.9 Å². The molecule has 2 saturated heterocycles. The zero-order valence-corrected chi connectivity index (χ0v) is 33.6. The molecule has 12 nitrogen and oxygen atoms in total. The van der Waals surface area contributed by atoms with E-state index in [1.807, 2.05) is 49.4 Å². The Morgan fingerprint density at radius 2 is 1.22 bits per heavy atom. The van der Waals surface area contributed by atoms with Crippen molar-refractivity contribution in [3.63, 3.8) is 0 Å². The highest BCUT2D eigenvalue weighted by Gasteiger charge is 2.24. The molecule has 54 heavy (non-hydrogen) atoms. The predicted molar refractivity (Wildman–Crippen MR) is 218 cm³/mol. The second kappa shape index (κ2) is 17.6. The van der Waals surface area contributed by atoms with Crippen LogP contribution >= 0.6 is 34.3 Å². The fourth-order valence-corrected chi connectivity index (χ4v) is 10.3. The maximum Gasteiger partial charge on any atom is 0.263 e. The number of ketones is 1. The van der Waals surface area contributed by atoms with Crippen LogP contribution in [0.5, 0.6) is 0 Å². The van der Waals surface area contributed by atoms with Gasteiger partial charge in [0.15, 0.2) is 16.0 Å². The van der Waals surface area contributed by atoms with Crippen LogP contribution in [0, 0.1) is 12.8 Å². The molecule has 7 rings (SSSR count). The van der Waals surface area contributed by atoms with E-state index in [0.29, 0.717) is 33.2 Å². The molecule has 2 aliphatic heterocycles. The number of rotatable bonds is 11. The number of nitrogens with one attached hydrogen (secondary N) is 2. The Labute approximate surface area is 329 Å². The van der Waals surface area contributed by atoms with Gasteiger partial charge in [-0.1, -0.05) is 17.7 Å². The van der Waals surface area contributed by atoms with Gasteiger partial charge < -0.3 is 15.5 Å². The Balaban J connectivity index is 0.000000197. The number of aromatic nitrogens is 2. The third kappa shape index (κ3) is 10.4. The monoisotopic (exact) mass is 827 g/mol. The largest absolute Gasteiger partial charge is 0.372 e. The summed E-state index contributed by atoms with van der Waals surface area (Å²) < 4.78 is 54.4. The van der Waals surface area contributed by atoms with E-state index in [1.54, 1.807) is 47.4 Å². The first-order chi connectivity index (χ1) is 25.9. The summed E-state index contributed by atoms with van der Waals surface area (Å²) >= 11 is 8.73. The Kier molecular flexibility index (Phi) is 12.9. The third-order valence-corrected chi connectivity index (χ3v) is 14.0. The van der Waals surface area contributed by atoms with Crippen molar-refractivity contribution in [3.05, 3.63) is 106 Å². The van der Waals surface area contributed by atoms with Crippen molar-refractivity contribution < 1.29 is 21.6 Å². The van der Waals surface area contributed by atoms with Gasteiger partial charge in [-0.3, -0.25) is 14.2 Å².